The van der Waals surface area contributed by atoms with E-state index in [9.17, 15) is 22.8 Å². The molecule has 172 valence electrons. The van der Waals surface area contributed by atoms with Crippen LogP contribution in [0.15, 0.2) is 24.3 Å². The second-order valence-corrected chi connectivity index (χ2v) is 10.0. The van der Waals surface area contributed by atoms with Crippen LogP contribution in [0.1, 0.15) is 36.7 Å². The molecule has 10 nitrogen and oxygen atoms in total. The normalized spacial score (nSPS) is 16.2. The van der Waals surface area contributed by atoms with Crippen LogP contribution in [-0.4, -0.2) is 57.1 Å². The van der Waals surface area contributed by atoms with Crippen molar-refractivity contribution in [1.82, 2.24) is 4.31 Å². The van der Waals surface area contributed by atoms with E-state index in [2.05, 4.69) is 0 Å². The van der Waals surface area contributed by atoms with Gasteiger partial charge in [0, 0.05) is 18.5 Å². The van der Waals surface area contributed by atoms with Gasteiger partial charge < -0.3 is 19.9 Å². The first-order valence-electron chi connectivity index (χ1n) is 9.36. The van der Waals surface area contributed by atoms with Gasteiger partial charge in [0.1, 0.15) is 28.1 Å². The van der Waals surface area contributed by atoms with Crippen molar-refractivity contribution in [1.29, 1.82) is 0 Å². The molecule has 0 amide bonds. The highest BCUT2D eigenvalue weighted by atomic mass is 32.2. The minimum Gasteiger partial charge on any atom is -0.465 e. The summed E-state index contributed by atoms with van der Waals surface area (Å²) in [6, 6.07) is 6.12. The maximum Gasteiger partial charge on any atom is 0.348 e. The van der Waals surface area contributed by atoms with Gasteiger partial charge in [-0.25, -0.2) is 18.0 Å². The van der Waals surface area contributed by atoms with Gasteiger partial charge >= 0.3 is 17.9 Å². The van der Waals surface area contributed by atoms with Crippen LogP contribution < -0.4 is 5.73 Å². The molecule has 0 bridgehead atoms. The van der Waals surface area contributed by atoms with E-state index in [4.69, 9.17) is 19.9 Å². The van der Waals surface area contributed by atoms with Gasteiger partial charge in [-0.3, -0.25) is 4.79 Å². The lowest BCUT2D eigenvalue weighted by Crippen LogP contribution is -2.48. The number of sulfonamides is 1. The molecule has 1 aliphatic heterocycles. The van der Waals surface area contributed by atoms with E-state index in [1.165, 1.54) is 0 Å². The van der Waals surface area contributed by atoms with Gasteiger partial charge in [0.2, 0.25) is 10.0 Å². The highest BCUT2D eigenvalue weighted by Gasteiger charge is 2.38. The van der Waals surface area contributed by atoms with Crippen molar-refractivity contribution in [3.05, 3.63) is 51.4 Å². The molecular formula is C20H22N2O8S2. The number of carbonyl (C=O) groups is 3. The van der Waals surface area contributed by atoms with Gasteiger partial charge in [-0.05, 0) is 11.1 Å². The lowest BCUT2D eigenvalue weighted by molar-refractivity contribution is -0.150. The van der Waals surface area contributed by atoms with Crippen LogP contribution >= 0.6 is 11.3 Å². The summed E-state index contributed by atoms with van der Waals surface area (Å²) in [5.74, 6) is -2.38. The van der Waals surface area contributed by atoms with Crippen LogP contribution in [-0.2, 0) is 48.6 Å². The standard InChI is InChI=1S/C20H22N2O8S2/c1-28-19(24)15-13(16(20(25)29-2)31-17(15)21)10-30-18(23)14-8-11-6-4-5-7-12(11)9-22(14)32(3,26)27/h4-7,14H,8-10,21H2,1-3H3/t14-/m1/s1. The highest BCUT2D eigenvalue weighted by Crippen LogP contribution is 2.33. The molecule has 0 unspecified atom stereocenters. The molecule has 0 aliphatic carbocycles. The van der Waals surface area contributed by atoms with Crippen LogP contribution in [0, 0.1) is 0 Å². The van der Waals surface area contributed by atoms with Gasteiger partial charge in [-0.1, -0.05) is 24.3 Å². The number of nitrogens with two attached hydrogens (primary N) is 1. The van der Waals surface area contributed by atoms with Gasteiger partial charge in [0.25, 0.3) is 0 Å². The fourth-order valence-corrected chi connectivity index (χ4v) is 5.47. The third-order valence-corrected chi connectivity index (χ3v) is 7.33. The molecule has 2 heterocycles. The Balaban J connectivity index is 1.91. The molecule has 1 atom stereocenters. The Hall–Kier alpha value is -2.96. The monoisotopic (exact) mass is 482 g/mol. The third kappa shape index (κ3) is 4.61. The number of anilines is 1. The summed E-state index contributed by atoms with van der Waals surface area (Å²) in [5, 5.41) is 0.00709. The Morgan fingerprint density at radius 2 is 1.75 bits per heavy atom. The van der Waals surface area contributed by atoms with Crippen molar-refractivity contribution in [3.63, 3.8) is 0 Å². The summed E-state index contributed by atoms with van der Waals surface area (Å²) in [7, 11) is -1.42. The topological polar surface area (TPSA) is 142 Å². The summed E-state index contributed by atoms with van der Waals surface area (Å²) < 4.78 is 40.6. The van der Waals surface area contributed by atoms with Gasteiger partial charge in [0.15, 0.2) is 0 Å². The minimum atomic E-state index is -3.73. The Kier molecular flexibility index (Phi) is 6.86. The number of fused-ring (bicyclic) bond motifs is 1. The zero-order valence-electron chi connectivity index (χ0n) is 17.6. The van der Waals surface area contributed by atoms with Crippen LogP contribution in [0.2, 0.25) is 0 Å². The van der Waals surface area contributed by atoms with Gasteiger partial charge in [-0.15, -0.1) is 11.3 Å². The SMILES string of the molecule is COC(=O)c1sc(N)c(C(=O)OC)c1COC(=O)[C@H]1Cc2ccccc2CN1S(C)(=O)=O. The highest BCUT2D eigenvalue weighted by molar-refractivity contribution is 7.88. The fraction of sp³-hybridized carbons (Fsp3) is 0.350. The zero-order valence-corrected chi connectivity index (χ0v) is 19.2. The first-order valence-corrected chi connectivity index (χ1v) is 12.0. The molecule has 0 fully saturated rings. The molecule has 2 N–H and O–H groups in total. The molecule has 1 aliphatic rings. The molecule has 3 rings (SSSR count). The zero-order chi connectivity index (χ0) is 23.6. The summed E-state index contributed by atoms with van der Waals surface area (Å²) in [6.45, 7) is -0.460. The fourth-order valence-electron chi connectivity index (χ4n) is 3.49. The molecule has 1 aromatic carbocycles. The number of ether oxygens (including phenoxy) is 3. The van der Waals surface area contributed by atoms with Gasteiger partial charge in [-0.2, -0.15) is 4.31 Å². The van der Waals surface area contributed by atoms with Crippen molar-refractivity contribution in [2.24, 2.45) is 0 Å². The molecule has 0 saturated heterocycles. The second kappa shape index (κ2) is 9.27. The molecule has 12 heteroatoms. The number of thiophene rings is 1. The van der Waals surface area contributed by atoms with E-state index < -0.39 is 40.6 Å². The van der Waals surface area contributed by atoms with Crippen molar-refractivity contribution in [2.45, 2.75) is 25.6 Å². The number of nitrogen functional groups attached to an aromatic ring is 1. The van der Waals surface area contributed by atoms with Crippen LogP contribution in [0.3, 0.4) is 0 Å². The van der Waals surface area contributed by atoms with Gasteiger partial charge in [0.05, 0.1) is 20.5 Å². The number of rotatable bonds is 6. The summed E-state index contributed by atoms with van der Waals surface area (Å²) in [4.78, 5) is 37.3. The summed E-state index contributed by atoms with van der Waals surface area (Å²) >= 11 is 0.805. The molecular weight excluding hydrogens is 460 g/mol. The van der Waals surface area contributed by atoms with E-state index in [0.717, 1.165) is 47.2 Å². The number of carbonyl (C=O) groups excluding carboxylic acids is 3. The van der Waals surface area contributed by atoms with Crippen LogP contribution in [0.25, 0.3) is 0 Å². The lowest BCUT2D eigenvalue weighted by atomic mass is 9.96. The third-order valence-electron chi connectivity index (χ3n) is 5.06. The van der Waals surface area contributed by atoms with Crippen molar-refractivity contribution in [2.75, 3.05) is 26.2 Å². The first-order chi connectivity index (χ1) is 15.1. The van der Waals surface area contributed by atoms with Crippen molar-refractivity contribution in [3.8, 4) is 0 Å². The Bertz CT molecular complexity index is 1170. The molecule has 32 heavy (non-hydrogen) atoms. The maximum atomic E-state index is 13.0. The average Bonchev–Trinajstić information content (AvgIpc) is 3.10. The number of esters is 3. The minimum absolute atomic E-state index is 0.00709. The molecule has 1 aromatic heterocycles. The van der Waals surface area contributed by atoms with Crippen molar-refractivity contribution < 1.29 is 37.0 Å². The lowest BCUT2D eigenvalue weighted by Gasteiger charge is -2.33. The van der Waals surface area contributed by atoms with Crippen LogP contribution in [0.4, 0.5) is 5.00 Å². The number of hydrogen-bond donors (Lipinski definition) is 1. The molecule has 2 aromatic rings. The number of nitrogens with zero attached hydrogens (tertiary/aromatic N) is 1. The van der Waals surface area contributed by atoms with E-state index in [0.29, 0.717) is 0 Å². The first kappa shape index (κ1) is 23.7. The predicted octanol–water partition coefficient (Wildman–Crippen LogP) is 1.33. The largest absolute Gasteiger partial charge is 0.465 e. The quantitative estimate of drug-likeness (QED) is 0.476. The van der Waals surface area contributed by atoms with Crippen molar-refractivity contribution >= 4 is 44.3 Å². The number of hydrogen-bond acceptors (Lipinski definition) is 10. The Labute approximate surface area is 188 Å². The Morgan fingerprint density at radius 1 is 1.12 bits per heavy atom. The molecule has 0 saturated carbocycles. The van der Waals surface area contributed by atoms with E-state index in [-0.39, 0.29) is 34.0 Å². The predicted molar refractivity (Wildman–Crippen MR) is 116 cm³/mol. The molecule has 0 spiro atoms. The summed E-state index contributed by atoms with van der Waals surface area (Å²) in [5.41, 5.74) is 7.45. The van der Waals surface area contributed by atoms with E-state index >= 15 is 0 Å². The average molecular weight is 483 g/mol. The van der Waals surface area contributed by atoms with E-state index in [1.54, 1.807) is 18.2 Å². The second-order valence-electron chi connectivity index (χ2n) is 7.04. The summed E-state index contributed by atoms with van der Waals surface area (Å²) in [6.07, 6.45) is 1.15. The van der Waals surface area contributed by atoms with E-state index in [1.807, 2.05) is 6.07 Å². The Morgan fingerprint density at radius 3 is 2.34 bits per heavy atom. The number of benzene rings is 1. The smallest absolute Gasteiger partial charge is 0.348 e. The van der Waals surface area contributed by atoms with Crippen LogP contribution in [0.5, 0.6) is 0 Å². The maximum absolute atomic E-state index is 13.0. The number of methoxy groups -OCH3 is 2. The molecule has 0 radical (unpaired) electrons.